The van der Waals surface area contributed by atoms with Gasteiger partial charge in [-0.05, 0) is 69.9 Å². The van der Waals surface area contributed by atoms with Gasteiger partial charge in [-0.2, -0.15) is 4.98 Å². The normalized spacial score (nSPS) is 14.2. The second-order valence-corrected chi connectivity index (χ2v) is 9.33. The van der Waals surface area contributed by atoms with Crippen LogP contribution in [-0.4, -0.2) is 50.6 Å². The number of pyridine rings is 2. The molecular weight excluding hydrogens is 438 g/mol. The number of nitrogens with one attached hydrogen (secondary N) is 2. The van der Waals surface area contributed by atoms with E-state index in [1.165, 1.54) is 6.42 Å². The standard InChI is InChI=1S/C27H39N7O/c1-4-20-17-21-18-30-27(32-25(21)34(26(20)35)23-11-7-8-12-23)31-24-14-13-22(19-29-24)28-15-9-10-16-33(5-2)6-3/h13-14,17-19,23,28H,4-12,15-16H2,1-3H3,(H,29,30,31,32). The molecule has 0 spiro atoms. The zero-order valence-electron chi connectivity index (χ0n) is 21.4. The molecule has 0 aliphatic heterocycles. The molecule has 1 saturated carbocycles. The summed E-state index contributed by atoms with van der Waals surface area (Å²) in [5, 5.41) is 7.57. The zero-order valence-corrected chi connectivity index (χ0v) is 21.4. The lowest BCUT2D eigenvalue weighted by molar-refractivity contribution is 0.298. The van der Waals surface area contributed by atoms with Gasteiger partial charge in [0.2, 0.25) is 5.95 Å². The molecule has 0 saturated heterocycles. The number of unbranched alkanes of at least 4 members (excludes halogenated alkanes) is 1. The van der Waals surface area contributed by atoms with Crippen LogP contribution in [0.5, 0.6) is 0 Å². The maximum absolute atomic E-state index is 13.2. The number of aromatic nitrogens is 4. The van der Waals surface area contributed by atoms with Crippen LogP contribution in [0.3, 0.4) is 0 Å². The van der Waals surface area contributed by atoms with Crippen LogP contribution in [-0.2, 0) is 6.42 Å². The smallest absolute Gasteiger partial charge is 0.255 e. The van der Waals surface area contributed by atoms with Gasteiger partial charge in [0.25, 0.3) is 5.56 Å². The number of nitrogens with zero attached hydrogens (tertiary/aromatic N) is 5. The van der Waals surface area contributed by atoms with Crippen molar-refractivity contribution in [2.75, 3.05) is 36.8 Å². The van der Waals surface area contributed by atoms with Gasteiger partial charge in [0, 0.05) is 29.7 Å². The van der Waals surface area contributed by atoms with Crippen molar-refractivity contribution < 1.29 is 0 Å². The Balaban J connectivity index is 1.42. The lowest BCUT2D eigenvalue weighted by atomic mass is 10.1. The zero-order chi connectivity index (χ0) is 24.6. The van der Waals surface area contributed by atoms with E-state index in [9.17, 15) is 4.79 Å². The Labute approximate surface area is 208 Å². The van der Waals surface area contributed by atoms with Gasteiger partial charge in [0.05, 0.1) is 11.9 Å². The van der Waals surface area contributed by atoms with Crippen molar-refractivity contribution >= 4 is 28.5 Å². The van der Waals surface area contributed by atoms with Crippen LogP contribution in [0.25, 0.3) is 11.0 Å². The highest BCUT2D eigenvalue weighted by Crippen LogP contribution is 2.31. The second-order valence-electron chi connectivity index (χ2n) is 9.33. The predicted octanol–water partition coefficient (Wildman–Crippen LogP) is 5.14. The number of hydrogen-bond donors (Lipinski definition) is 2. The Hall–Kier alpha value is -3.00. The number of anilines is 3. The Morgan fingerprint density at radius 3 is 2.54 bits per heavy atom. The molecule has 35 heavy (non-hydrogen) atoms. The monoisotopic (exact) mass is 477 g/mol. The SMILES string of the molecule is CCc1cc2cnc(Nc3ccc(NCCCCN(CC)CC)cn3)nc2n(C2CCCC2)c1=O. The van der Waals surface area contributed by atoms with Crippen molar-refractivity contribution in [3.05, 3.63) is 46.5 Å². The van der Waals surface area contributed by atoms with Crippen molar-refractivity contribution in [1.82, 2.24) is 24.4 Å². The van der Waals surface area contributed by atoms with Gasteiger partial charge in [-0.1, -0.05) is 33.6 Å². The van der Waals surface area contributed by atoms with Gasteiger partial charge in [-0.25, -0.2) is 9.97 Å². The van der Waals surface area contributed by atoms with E-state index in [0.717, 1.165) is 74.9 Å². The molecule has 0 aromatic carbocycles. The van der Waals surface area contributed by atoms with Crippen molar-refractivity contribution in [2.24, 2.45) is 0 Å². The van der Waals surface area contributed by atoms with Gasteiger partial charge in [0.1, 0.15) is 11.5 Å². The summed E-state index contributed by atoms with van der Waals surface area (Å²) in [7, 11) is 0. The first kappa shape index (κ1) is 25.1. The summed E-state index contributed by atoms with van der Waals surface area (Å²) in [5.74, 6) is 1.13. The fourth-order valence-electron chi connectivity index (χ4n) is 4.91. The van der Waals surface area contributed by atoms with Crippen LogP contribution in [0.1, 0.15) is 70.9 Å². The number of fused-ring (bicyclic) bond motifs is 1. The fourth-order valence-corrected chi connectivity index (χ4v) is 4.91. The maximum Gasteiger partial charge on any atom is 0.255 e. The summed E-state index contributed by atoms with van der Waals surface area (Å²) in [6.07, 6.45) is 11.0. The third kappa shape index (κ3) is 6.17. The molecule has 4 rings (SSSR count). The molecule has 0 amide bonds. The molecule has 0 bridgehead atoms. The Morgan fingerprint density at radius 2 is 1.86 bits per heavy atom. The van der Waals surface area contributed by atoms with Crippen molar-refractivity contribution in [1.29, 1.82) is 0 Å². The lowest BCUT2D eigenvalue weighted by Gasteiger charge is -2.18. The molecule has 0 unspecified atom stereocenters. The van der Waals surface area contributed by atoms with E-state index < -0.39 is 0 Å². The summed E-state index contributed by atoms with van der Waals surface area (Å²) in [6.45, 7) is 10.8. The van der Waals surface area contributed by atoms with Crippen molar-refractivity contribution in [2.45, 2.75) is 71.8 Å². The minimum absolute atomic E-state index is 0.0854. The second kappa shape index (κ2) is 12.1. The molecule has 1 aliphatic carbocycles. The molecule has 1 fully saturated rings. The third-order valence-electron chi connectivity index (χ3n) is 7.05. The highest BCUT2D eigenvalue weighted by Gasteiger charge is 2.22. The van der Waals surface area contributed by atoms with Gasteiger partial charge >= 0.3 is 0 Å². The summed E-state index contributed by atoms with van der Waals surface area (Å²) in [4.78, 5) is 29.4. The number of aryl methyl sites for hydroxylation is 1. The minimum atomic E-state index is 0.0854. The first-order valence-corrected chi connectivity index (χ1v) is 13.2. The van der Waals surface area contributed by atoms with E-state index in [-0.39, 0.29) is 11.6 Å². The van der Waals surface area contributed by atoms with Crippen LogP contribution in [0.15, 0.2) is 35.4 Å². The molecule has 188 valence electrons. The highest BCUT2D eigenvalue weighted by molar-refractivity contribution is 5.76. The number of rotatable bonds is 12. The van der Waals surface area contributed by atoms with Gasteiger partial charge in [0.15, 0.2) is 0 Å². The molecule has 0 radical (unpaired) electrons. The molecule has 1 aliphatic rings. The van der Waals surface area contributed by atoms with Crippen LogP contribution in [0.2, 0.25) is 0 Å². The molecule has 8 heteroatoms. The first-order chi connectivity index (χ1) is 17.1. The van der Waals surface area contributed by atoms with E-state index in [1.54, 1.807) is 0 Å². The average molecular weight is 478 g/mol. The van der Waals surface area contributed by atoms with E-state index in [0.29, 0.717) is 23.8 Å². The van der Waals surface area contributed by atoms with Gasteiger partial charge in [-0.3, -0.25) is 9.36 Å². The first-order valence-electron chi connectivity index (χ1n) is 13.2. The van der Waals surface area contributed by atoms with Crippen molar-refractivity contribution in [3.8, 4) is 0 Å². The Bertz CT molecular complexity index is 1150. The van der Waals surface area contributed by atoms with Crippen LogP contribution >= 0.6 is 0 Å². The van der Waals surface area contributed by atoms with Crippen LogP contribution < -0.4 is 16.2 Å². The molecule has 3 heterocycles. The van der Waals surface area contributed by atoms with Crippen LogP contribution in [0, 0.1) is 0 Å². The molecule has 3 aromatic heterocycles. The topological polar surface area (TPSA) is 88.0 Å². The quantitative estimate of drug-likeness (QED) is 0.349. The summed E-state index contributed by atoms with van der Waals surface area (Å²) < 4.78 is 1.91. The predicted molar refractivity (Wildman–Crippen MR) is 144 cm³/mol. The van der Waals surface area contributed by atoms with E-state index in [2.05, 4.69) is 39.3 Å². The summed E-state index contributed by atoms with van der Waals surface area (Å²) in [5.41, 5.74) is 2.62. The summed E-state index contributed by atoms with van der Waals surface area (Å²) in [6, 6.07) is 6.10. The van der Waals surface area contributed by atoms with E-state index in [4.69, 9.17) is 4.98 Å². The summed E-state index contributed by atoms with van der Waals surface area (Å²) >= 11 is 0. The molecule has 0 atom stereocenters. The molecule has 3 aromatic rings. The number of hydrogen-bond acceptors (Lipinski definition) is 7. The van der Waals surface area contributed by atoms with E-state index >= 15 is 0 Å². The van der Waals surface area contributed by atoms with Crippen LogP contribution in [0.4, 0.5) is 17.5 Å². The maximum atomic E-state index is 13.2. The Morgan fingerprint density at radius 1 is 1.06 bits per heavy atom. The third-order valence-corrected chi connectivity index (χ3v) is 7.05. The van der Waals surface area contributed by atoms with Gasteiger partial charge in [-0.15, -0.1) is 0 Å². The average Bonchev–Trinajstić information content (AvgIpc) is 3.41. The molecule has 8 nitrogen and oxygen atoms in total. The highest BCUT2D eigenvalue weighted by atomic mass is 16.1. The van der Waals surface area contributed by atoms with E-state index in [1.807, 2.05) is 42.1 Å². The fraction of sp³-hybridized carbons (Fsp3) is 0.556. The van der Waals surface area contributed by atoms with Crippen molar-refractivity contribution in [3.63, 3.8) is 0 Å². The largest absolute Gasteiger partial charge is 0.384 e. The van der Waals surface area contributed by atoms with Gasteiger partial charge < -0.3 is 15.5 Å². The molecular formula is C27H39N7O. The minimum Gasteiger partial charge on any atom is -0.384 e. The Kier molecular flexibility index (Phi) is 8.69. The molecule has 2 N–H and O–H groups in total. The lowest BCUT2D eigenvalue weighted by Crippen LogP contribution is -2.27.